The average Bonchev–Trinajstić information content (AvgIpc) is 3.13. The predicted octanol–water partition coefficient (Wildman–Crippen LogP) is 3.57. The lowest BCUT2D eigenvalue weighted by atomic mass is 9.81. The van der Waals surface area contributed by atoms with Gasteiger partial charge in [0.25, 0.3) is 0 Å². The first-order valence-electron chi connectivity index (χ1n) is 10.8. The van der Waals surface area contributed by atoms with Gasteiger partial charge in [0.15, 0.2) is 0 Å². The van der Waals surface area contributed by atoms with Crippen molar-refractivity contribution in [3.8, 4) is 16.9 Å². The van der Waals surface area contributed by atoms with Crippen molar-refractivity contribution in [3.05, 3.63) is 36.8 Å². The number of benzene rings is 1. The van der Waals surface area contributed by atoms with Gasteiger partial charge in [-0.1, -0.05) is 12.1 Å². The van der Waals surface area contributed by atoms with Crippen molar-refractivity contribution >= 4 is 16.9 Å². The summed E-state index contributed by atoms with van der Waals surface area (Å²) in [7, 11) is 0. The van der Waals surface area contributed by atoms with E-state index in [2.05, 4.69) is 26.8 Å². The van der Waals surface area contributed by atoms with Crippen LogP contribution in [0.3, 0.4) is 0 Å². The summed E-state index contributed by atoms with van der Waals surface area (Å²) in [5.41, 5.74) is 9.15. The third kappa shape index (κ3) is 3.63. The molecular formula is C23H28N4O3. The Bertz CT molecular complexity index is 1020. The molecule has 7 nitrogen and oxygen atoms in total. The smallest absolute Gasteiger partial charge is 0.146 e. The number of nitrogens with zero attached hydrogens (tertiary/aromatic N) is 3. The fraction of sp³-hybridized carbons (Fsp3) is 0.478. The van der Waals surface area contributed by atoms with E-state index in [1.807, 2.05) is 18.2 Å². The standard InChI is InChI=1S/C23H28N4O3/c24-22-21-20(11-27(23(21)26-14-25-22)17-8-15(9-17)12-28)16-4-3-6-18(10-16)30-13-19-5-1-2-7-29-19/h3-4,6,10-11,14-15,17,19,28H,1-2,5,7-9,12-13H2,(H2,24,25,26). The highest BCUT2D eigenvalue weighted by molar-refractivity contribution is 6.00. The minimum absolute atomic E-state index is 0.173. The second-order valence-corrected chi connectivity index (χ2v) is 8.41. The first-order valence-corrected chi connectivity index (χ1v) is 10.8. The summed E-state index contributed by atoms with van der Waals surface area (Å²) in [4.78, 5) is 8.75. The third-order valence-corrected chi connectivity index (χ3v) is 6.36. The molecule has 1 aliphatic heterocycles. The molecule has 1 saturated heterocycles. The Balaban J connectivity index is 1.44. The Kier molecular flexibility index (Phi) is 5.31. The lowest BCUT2D eigenvalue weighted by molar-refractivity contribution is -0.0110. The van der Waals surface area contributed by atoms with Crippen LogP contribution in [0, 0.1) is 5.92 Å². The van der Waals surface area contributed by atoms with Crippen molar-refractivity contribution < 1.29 is 14.6 Å². The molecule has 1 saturated carbocycles. The van der Waals surface area contributed by atoms with Crippen LogP contribution in [0.25, 0.3) is 22.2 Å². The molecule has 0 amide bonds. The van der Waals surface area contributed by atoms with Gasteiger partial charge in [-0.05, 0) is 55.7 Å². The van der Waals surface area contributed by atoms with E-state index in [0.717, 1.165) is 60.2 Å². The van der Waals surface area contributed by atoms with Crippen LogP contribution in [0.15, 0.2) is 36.8 Å². The summed E-state index contributed by atoms with van der Waals surface area (Å²) in [6, 6.07) is 8.41. The number of hydrogen-bond acceptors (Lipinski definition) is 6. The Morgan fingerprint density at radius 2 is 2.13 bits per heavy atom. The number of nitrogens with two attached hydrogens (primary N) is 1. The van der Waals surface area contributed by atoms with Gasteiger partial charge in [-0.15, -0.1) is 0 Å². The first-order chi connectivity index (χ1) is 14.7. The summed E-state index contributed by atoms with van der Waals surface area (Å²) in [6.07, 6.45) is 9.11. The number of nitrogen functional groups attached to an aromatic ring is 1. The van der Waals surface area contributed by atoms with Gasteiger partial charge in [0, 0.05) is 31.0 Å². The molecule has 5 rings (SSSR count). The number of hydrogen-bond donors (Lipinski definition) is 2. The zero-order chi connectivity index (χ0) is 20.5. The van der Waals surface area contributed by atoms with Crippen LogP contribution >= 0.6 is 0 Å². The van der Waals surface area contributed by atoms with Gasteiger partial charge in [0.05, 0.1) is 11.5 Å². The first kappa shape index (κ1) is 19.3. The molecule has 1 aliphatic carbocycles. The Morgan fingerprint density at radius 3 is 2.93 bits per heavy atom. The highest BCUT2D eigenvalue weighted by atomic mass is 16.5. The molecule has 158 valence electrons. The van der Waals surface area contributed by atoms with Crippen LogP contribution in [0.1, 0.15) is 38.1 Å². The highest BCUT2D eigenvalue weighted by Gasteiger charge is 2.32. The van der Waals surface area contributed by atoms with E-state index in [9.17, 15) is 5.11 Å². The van der Waals surface area contributed by atoms with Crippen LogP contribution in [0.4, 0.5) is 5.82 Å². The summed E-state index contributed by atoms with van der Waals surface area (Å²) in [6.45, 7) is 1.63. The van der Waals surface area contributed by atoms with Gasteiger partial charge in [-0.25, -0.2) is 9.97 Å². The molecule has 30 heavy (non-hydrogen) atoms. The van der Waals surface area contributed by atoms with E-state index < -0.39 is 0 Å². The Morgan fingerprint density at radius 1 is 1.23 bits per heavy atom. The van der Waals surface area contributed by atoms with Crippen molar-refractivity contribution in [2.24, 2.45) is 5.92 Å². The molecule has 7 heteroatoms. The van der Waals surface area contributed by atoms with Crippen molar-refractivity contribution in [3.63, 3.8) is 0 Å². The van der Waals surface area contributed by atoms with Crippen LogP contribution in [-0.4, -0.2) is 45.6 Å². The molecule has 0 spiro atoms. The summed E-state index contributed by atoms with van der Waals surface area (Å²) in [5.74, 6) is 1.67. The number of aliphatic hydroxyl groups excluding tert-OH is 1. The van der Waals surface area contributed by atoms with Crippen LogP contribution in [-0.2, 0) is 4.74 Å². The van der Waals surface area contributed by atoms with Gasteiger partial charge >= 0.3 is 0 Å². The van der Waals surface area contributed by atoms with Crippen LogP contribution in [0.2, 0.25) is 0 Å². The predicted molar refractivity (Wildman–Crippen MR) is 115 cm³/mol. The Hall–Kier alpha value is -2.64. The largest absolute Gasteiger partial charge is 0.491 e. The number of aliphatic hydroxyl groups is 1. The normalized spacial score (nSPS) is 24.0. The molecule has 1 atom stereocenters. The zero-order valence-electron chi connectivity index (χ0n) is 17.0. The van der Waals surface area contributed by atoms with Crippen molar-refractivity contribution in [2.75, 3.05) is 25.6 Å². The number of ether oxygens (including phenoxy) is 2. The molecule has 2 fully saturated rings. The number of rotatable bonds is 6. The van der Waals surface area contributed by atoms with E-state index in [1.165, 1.54) is 12.7 Å². The van der Waals surface area contributed by atoms with Crippen molar-refractivity contribution in [1.82, 2.24) is 14.5 Å². The topological polar surface area (TPSA) is 95.4 Å². The van der Waals surface area contributed by atoms with E-state index in [4.69, 9.17) is 15.2 Å². The number of aromatic nitrogens is 3. The van der Waals surface area contributed by atoms with Gasteiger partial charge in [-0.3, -0.25) is 0 Å². The highest BCUT2D eigenvalue weighted by Crippen LogP contribution is 2.42. The third-order valence-electron chi connectivity index (χ3n) is 6.36. The van der Waals surface area contributed by atoms with E-state index in [-0.39, 0.29) is 12.7 Å². The molecule has 0 bridgehead atoms. The zero-order valence-corrected chi connectivity index (χ0v) is 17.0. The van der Waals surface area contributed by atoms with Gasteiger partial charge in [-0.2, -0.15) is 0 Å². The fourth-order valence-corrected chi connectivity index (χ4v) is 4.56. The molecule has 1 aromatic carbocycles. The molecular weight excluding hydrogens is 380 g/mol. The van der Waals surface area contributed by atoms with Crippen molar-refractivity contribution in [1.29, 1.82) is 0 Å². The minimum atomic E-state index is 0.173. The van der Waals surface area contributed by atoms with Crippen molar-refractivity contribution in [2.45, 2.75) is 44.2 Å². The van der Waals surface area contributed by atoms with E-state index in [0.29, 0.717) is 24.4 Å². The fourth-order valence-electron chi connectivity index (χ4n) is 4.56. The van der Waals surface area contributed by atoms with Gasteiger partial charge in [0.2, 0.25) is 0 Å². The molecule has 2 aliphatic rings. The molecule has 3 aromatic rings. The maximum Gasteiger partial charge on any atom is 0.146 e. The number of fused-ring (bicyclic) bond motifs is 1. The molecule has 2 aromatic heterocycles. The molecule has 0 radical (unpaired) electrons. The molecule has 3 heterocycles. The lowest BCUT2D eigenvalue weighted by Crippen LogP contribution is -2.28. The average molecular weight is 409 g/mol. The molecule has 3 N–H and O–H groups in total. The minimum Gasteiger partial charge on any atom is -0.491 e. The lowest BCUT2D eigenvalue weighted by Gasteiger charge is -2.35. The Labute approximate surface area is 175 Å². The monoisotopic (exact) mass is 408 g/mol. The van der Waals surface area contributed by atoms with Crippen LogP contribution < -0.4 is 10.5 Å². The van der Waals surface area contributed by atoms with Crippen LogP contribution in [0.5, 0.6) is 5.75 Å². The molecule has 1 unspecified atom stereocenters. The quantitative estimate of drug-likeness (QED) is 0.647. The van der Waals surface area contributed by atoms with E-state index >= 15 is 0 Å². The van der Waals surface area contributed by atoms with Gasteiger partial charge in [0.1, 0.15) is 30.1 Å². The summed E-state index contributed by atoms with van der Waals surface area (Å²) < 4.78 is 14.0. The maximum atomic E-state index is 9.39. The summed E-state index contributed by atoms with van der Waals surface area (Å²) in [5, 5.41) is 10.3. The summed E-state index contributed by atoms with van der Waals surface area (Å²) >= 11 is 0. The van der Waals surface area contributed by atoms with E-state index in [1.54, 1.807) is 0 Å². The number of anilines is 1. The second-order valence-electron chi connectivity index (χ2n) is 8.41. The second kappa shape index (κ2) is 8.24. The van der Waals surface area contributed by atoms with Gasteiger partial charge < -0.3 is 24.9 Å². The SMILES string of the molecule is Nc1ncnc2c1c(-c1cccc(OCC3CCCCO3)c1)cn2C1CC(CO)C1. The maximum absolute atomic E-state index is 9.39.